The number of carbonyl (C=O) groups excluding carboxylic acids is 2. The van der Waals surface area contributed by atoms with Gasteiger partial charge in [-0.1, -0.05) is 27.7 Å². The molecule has 0 saturated carbocycles. The summed E-state index contributed by atoms with van der Waals surface area (Å²) in [5, 5.41) is 6.19. The minimum atomic E-state index is -0.272. The fourth-order valence-corrected chi connectivity index (χ4v) is 2.59. The predicted octanol–water partition coefficient (Wildman–Crippen LogP) is 1.53. The molecule has 0 aromatic heterocycles. The minimum Gasteiger partial charge on any atom is -0.353 e. The molecule has 0 aliphatic carbocycles. The highest BCUT2D eigenvalue weighted by atomic mass is 16.2. The molecule has 0 spiro atoms. The second-order valence-electron chi connectivity index (χ2n) is 7.02. The highest BCUT2D eigenvalue weighted by Crippen LogP contribution is 2.24. The quantitative estimate of drug-likeness (QED) is 0.701. The molecule has 1 unspecified atom stereocenters. The Morgan fingerprint density at radius 1 is 1.19 bits per heavy atom. The molecule has 2 N–H and O–H groups in total. The summed E-state index contributed by atoms with van der Waals surface area (Å²) in [6, 6.07) is -0.272. The number of nitrogens with zero attached hydrogens (tertiary/aromatic N) is 1. The molecule has 122 valence electrons. The van der Waals surface area contributed by atoms with Gasteiger partial charge < -0.3 is 15.5 Å². The van der Waals surface area contributed by atoms with Gasteiger partial charge in [0.15, 0.2) is 0 Å². The zero-order chi connectivity index (χ0) is 15.9. The standard InChI is InChI=1S/C16H31N3O2/c1-5-8-17-9-10-18-15(21)13-7-6-11-19(13)14(20)12-16(2,3)4/h13,17H,5-12H2,1-4H3,(H,18,21). The summed E-state index contributed by atoms with van der Waals surface area (Å²) >= 11 is 0. The van der Waals surface area contributed by atoms with Crippen molar-refractivity contribution in [2.24, 2.45) is 5.41 Å². The van der Waals surface area contributed by atoms with Crippen LogP contribution in [0.1, 0.15) is 53.4 Å². The lowest BCUT2D eigenvalue weighted by molar-refractivity contribution is -0.139. The Morgan fingerprint density at radius 3 is 2.52 bits per heavy atom. The van der Waals surface area contributed by atoms with Gasteiger partial charge in [0.1, 0.15) is 6.04 Å². The molecule has 1 atom stereocenters. The Morgan fingerprint density at radius 2 is 1.90 bits per heavy atom. The minimum absolute atomic E-state index is 0.00643. The molecule has 0 radical (unpaired) electrons. The Bertz CT molecular complexity index is 350. The van der Waals surface area contributed by atoms with E-state index in [1.807, 2.05) is 0 Å². The van der Waals surface area contributed by atoms with Crippen molar-refractivity contribution < 1.29 is 9.59 Å². The van der Waals surface area contributed by atoms with Gasteiger partial charge in [-0.2, -0.15) is 0 Å². The molecule has 1 heterocycles. The van der Waals surface area contributed by atoms with Crippen LogP contribution in [0, 0.1) is 5.41 Å². The SMILES string of the molecule is CCCNCCNC(=O)C1CCCN1C(=O)CC(C)(C)C. The van der Waals surface area contributed by atoms with Gasteiger partial charge >= 0.3 is 0 Å². The van der Waals surface area contributed by atoms with Crippen molar-refractivity contribution in [3.63, 3.8) is 0 Å². The van der Waals surface area contributed by atoms with Crippen molar-refractivity contribution in [3.05, 3.63) is 0 Å². The van der Waals surface area contributed by atoms with Crippen LogP contribution in [0.15, 0.2) is 0 Å². The summed E-state index contributed by atoms with van der Waals surface area (Å²) < 4.78 is 0. The summed E-state index contributed by atoms with van der Waals surface area (Å²) in [5.41, 5.74) is -0.0369. The Balaban J connectivity index is 2.41. The first-order valence-corrected chi connectivity index (χ1v) is 8.13. The lowest BCUT2D eigenvalue weighted by atomic mass is 9.91. The fraction of sp³-hybridized carbons (Fsp3) is 0.875. The second kappa shape index (κ2) is 8.37. The van der Waals surface area contributed by atoms with Crippen LogP contribution in [-0.4, -0.2) is 48.9 Å². The molecule has 1 saturated heterocycles. The molecule has 1 fully saturated rings. The van der Waals surface area contributed by atoms with Crippen LogP contribution in [-0.2, 0) is 9.59 Å². The number of hydrogen-bond acceptors (Lipinski definition) is 3. The molecule has 0 aromatic carbocycles. The molecule has 1 rings (SSSR count). The molecule has 2 amide bonds. The third kappa shape index (κ3) is 6.46. The maximum absolute atomic E-state index is 12.3. The van der Waals surface area contributed by atoms with Crippen LogP contribution in [0.25, 0.3) is 0 Å². The summed E-state index contributed by atoms with van der Waals surface area (Å²) in [5.74, 6) is 0.0947. The van der Waals surface area contributed by atoms with E-state index in [0.29, 0.717) is 19.5 Å². The first kappa shape index (κ1) is 18.0. The van der Waals surface area contributed by atoms with Crippen LogP contribution in [0.3, 0.4) is 0 Å². The number of amides is 2. The lowest BCUT2D eigenvalue weighted by Crippen LogP contribution is -2.47. The van der Waals surface area contributed by atoms with E-state index in [-0.39, 0.29) is 23.3 Å². The number of carbonyl (C=O) groups is 2. The van der Waals surface area contributed by atoms with Crippen molar-refractivity contribution in [1.82, 2.24) is 15.5 Å². The van der Waals surface area contributed by atoms with Crippen molar-refractivity contribution >= 4 is 11.8 Å². The van der Waals surface area contributed by atoms with E-state index in [2.05, 4.69) is 38.3 Å². The fourth-order valence-electron chi connectivity index (χ4n) is 2.59. The smallest absolute Gasteiger partial charge is 0.242 e. The summed E-state index contributed by atoms with van der Waals surface area (Å²) in [4.78, 5) is 26.3. The second-order valence-corrected chi connectivity index (χ2v) is 7.02. The number of nitrogens with one attached hydrogen (secondary N) is 2. The number of likely N-dealkylation sites (tertiary alicyclic amines) is 1. The normalized spacial score (nSPS) is 18.9. The van der Waals surface area contributed by atoms with E-state index in [0.717, 1.165) is 32.4 Å². The molecule has 1 aliphatic heterocycles. The van der Waals surface area contributed by atoms with Crippen LogP contribution in [0.2, 0.25) is 0 Å². The van der Waals surface area contributed by atoms with E-state index in [9.17, 15) is 9.59 Å². The predicted molar refractivity (Wildman–Crippen MR) is 85.0 cm³/mol. The zero-order valence-corrected chi connectivity index (χ0v) is 14.0. The monoisotopic (exact) mass is 297 g/mol. The van der Waals surface area contributed by atoms with Crippen LogP contribution >= 0.6 is 0 Å². The van der Waals surface area contributed by atoms with Crippen molar-refractivity contribution in [2.75, 3.05) is 26.2 Å². The first-order chi connectivity index (χ1) is 9.85. The highest BCUT2D eigenvalue weighted by molar-refractivity contribution is 5.88. The molecular weight excluding hydrogens is 266 g/mol. The van der Waals surface area contributed by atoms with E-state index in [1.165, 1.54) is 0 Å². The van der Waals surface area contributed by atoms with Gasteiger partial charge in [0.25, 0.3) is 0 Å². The summed E-state index contributed by atoms with van der Waals surface area (Å²) in [7, 11) is 0. The van der Waals surface area contributed by atoms with E-state index in [4.69, 9.17) is 0 Å². The largest absolute Gasteiger partial charge is 0.353 e. The Kier molecular flexibility index (Phi) is 7.15. The molecular formula is C16H31N3O2. The summed E-state index contributed by atoms with van der Waals surface area (Å²) in [6.07, 6.45) is 3.28. The summed E-state index contributed by atoms with van der Waals surface area (Å²) in [6.45, 7) is 11.3. The van der Waals surface area contributed by atoms with E-state index >= 15 is 0 Å². The lowest BCUT2D eigenvalue weighted by Gasteiger charge is -2.27. The van der Waals surface area contributed by atoms with Crippen molar-refractivity contribution in [2.45, 2.75) is 59.4 Å². The van der Waals surface area contributed by atoms with Gasteiger partial charge in [0.05, 0.1) is 0 Å². The molecule has 1 aliphatic rings. The Hall–Kier alpha value is -1.10. The number of hydrogen-bond donors (Lipinski definition) is 2. The van der Waals surface area contributed by atoms with Gasteiger partial charge in [-0.3, -0.25) is 9.59 Å². The first-order valence-electron chi connectivity index (χ1n) is 8.13. The van der Waals surface area contributed by atoms with Gasteiger partial charge in [0, 0.05) is 26.1 Å². The topological polar surface area (TPSA) is 61.4 Å². The molecule has 21 heavy (non-hydrogen) atoms. The molecule has 5 nitrogen and oxygen atoms in total. The van der Waals surface area contributed by atoms with Gasteiger partial charge in [-0.15, -0.1) is 0 Å². The molecule has 0 bridgehead atoms. The maximum Gasteiger partial charge on any atom is 0.242 e. The average molecular weight is 297 g/mol. The third-order valence-electron chi connectivity index (χ3n) is 3.59. The van der Waals surface area contributed by atoms with Crippen LogP contribution in [0.5, 0.6) is 0 Å². The zero-order valence-electron chi connectivity index (χ0n) is 14.0. The van der Waals surface area contributed by atoms with Gasteiger partial charge in [-0.25, -0.2) is 0 Å². The third-order valence-corrected chi connectivity index (χ3v) is 3.59. The average Bonchev–Trinajstić information content (AvgIpc) is 2.85. The van der Waals surface area contributed by atoms with Crippen LogP contribution in [0.4, 0.5) is 0 Å². The molecule has 0 aromatic rings. The Labute approximate surface area is 128 Å². The molecule has 5 heteroatoms. The maximum atomic E-state index is 12.3. The number of rotatable bonds is 7. The highest BCUT2D eigenvalue weighted by Gasteiger charge is 2.34. The van der Waals surface area contributed by atoms with Crippen molar-refractivity contribution in [1.29, 1.82) is 0 Å². The van der Waals surface area contributed by atoms with E-state index in [1.54, 1.807) is 4.90 Å². The van der Waals surface area contributed by atoms with Gasteiger partial charge in [0.2, 0.25) is 11.8 Å². The van der Waals surface area contributed by atoms with Crippen molar-refractivity contribution in [3.8, 4) is 0 Å². The van der Waals surface area contributed by atoms with Gasteiger partial charge in [-0.05, 0) is 31.2 Å². The van der Waals surface area contributed by atoms with Crippen LogP contribution < -0.4 is 10.6 Å². The van der Waals surface area contributed by atoms with E-state index < -0.39 is 0 Å².